The van der Waals surface area contributed by atoms with Crippen molar-refractivity contribution >= 4 is 17.4 Å². The van der Waals surface area contributed by atoms with Crippen LogP contribution >= 0.6 is 0 Å². The predicted molar refractivity (Wildman–Crippen MR) is 133 cm³/mol. The van der Waals surface area contributed by atoms with Crippen LogP contribution in [0.25, 0.3) is 5.76 Å². The van der Waals surface area contributed by atoms with Crippen molar-refractivity contribution in [2.24, 2.45) is 0 Å². The number of ether oxygens (including phenoxy) is 1. The maximum atomic E-state index is 13.2. The molecule has 1 fully saturated rings. The maximum absolute atomic E-state index is 13.2. The molecule has 1 heterocycles. The molecular weight excluding hydrogens is 426 g/mol. The van der Waals surface area contributed by atoms with Gasteiger partial charge in [-0.3, -0.25) is 9.59 Å². The van der Waals surface area contributed by atoms with E-state index in [0.717, 1.165) is 23.1 Å². The minimum absolute atomic E-state index is 0.115. The van der Waals surface area contributed by atoms with E-state index in [1.165, 1.54) is 0 Å². The number of likely N-dealkylation sites (tertiary alicyclic amines) is 1. The zero-order chi connectivity index (χ0) is 24.1. The second-order valence-corrected chi connectivity index (χ2v) is 8.51. The van der Waals surface area contributed by atoms with Crippen molar-refractivity contribution in [1.82, 2.24) is 4.90 Å². The molecule has 0 spiro atoms. The Labute approximate surface area is 200 Å². The summed E-state index contributed by atoms with van der Waals surface area (Å²) >= 11 is 0. The SMILES string of the molecule is CCCOc1ccc(C(O)=C2C(=O)C(=O)N(CCc3ccccc3)C2c2ccc(C)cc2)cc1. The highest BCUT2D eigenvalue weighted by Gasteiger charge is 2.45. The normalized spacial score (nSPS) is 17.2. The van der Waals surface area contributed by atoms with Crippen LogP contribution in [-0.2, 0) is 16.0 Å². The second kappa shape index (κ2) is 10.4. The molecule has 5 heteroatoms. The van der Waals surface area contributed by atoms with E-state index >= 15 is 0 Å². The van der Waals surface area contributed by atoms with Crippen molar-refractivity contribution < 1.29 is 19.4 Å². The minimum atomic E-state index is -0.664. The lowest BCUT2D eigenvalue weighted by atomic mass is 9.94. The largest absolute Gasteiger partial charge is 0.507 e. The van der Waals surface area contributed by atoms with Gasteiger partial charge in [-0.25, -0.2) is 0 Å². The molecule has 4 rings (SSSR count). The summed E-state index contributed by atoms with van der Waals surface area (Å²) in [4.78, 5) is 27.8. The molecule has 3 aromatic rings. The van der Waals surface area contributed by atoms with Gasteiger partial charge in [-0.15, -0.1) is 0 Å². The summed E-state index contributed by atoms with van der Waals surface area (Å²) in [5, 5.41) is 11.2. The van der Waals surface area contributed by atoms with Crippen LogP contribution in [0.2, 0.25) is 0 Å². The number of Topliss-reactive ketones (excluding diaryl/α,β-unsaturated/α-hetero) is 1. The molecule has 34 heavy (non-hydrogen) atoms. The molecule has 1 atom stereocenters. The number of nitrogens with zero attached hydrogens (tertiary/aromatic N) is 1. The molecule has 174 valence electrons. The first-order valence-corrected chi connectivity index (χ1v) is 11.6. The Balaban J connectivity index is 1.72. The molecule has 1 aliphatic rings. The van der Waals surface area contributed by atoms with E-state index in [-0.39, 0.29) is 11.3 Å². The highest BCUT2D eigenvalue weighted by Crippen LogP contribution is 2.39. The van der Waals surface area contributed by atoms with Crippen molar-refractivity contribution in [1.29, 1.82) is 0 Å². The van der Waals surface area contributed by atoms with Crippen LogP contribution in [-0.4, -0.2) is 34.8 Å². The Morgan fingerprint density at radius 3 is 2.26 bits per heavy atom. The third-order valence-corrected chi connectivity index (χ3v) is 6.02. The summed E-state index contributed by atoms with van der Waals surface area (Å²) in [5.41, 5.74) is 3.54. The number of aryl methyl sites for hydroxylation is 1. The van der Waals surface area contributed by atoms with Gasteiger partial charge in [0.15, 0.2) is 0 Å². The molecule has 3 aromatic carbocycles. The zero-order valence-electron chi connectivity index (χ0n) is 19.5. The van der Waals surface area contributed by atoms with E-state index in [0.29, 0.717) is 30.9 Å². The van der Waals surface area contributed by atoms with Gasteiger partial charge in [0, 0.05) is 12.1 Å². The van der Waals surface area contributed by atoms with Crippen LogP contribution in [0.1, 0.15) is 41.6 Å². The fourth-order valence-corrected chi connectivity index (χ4v) is 4.18. The average Bonchev–Trinajstić information content (AvgIpc) is 3.12. The second-order valence-electron chi connectivity index (χ2n) is 8.51. The van der Waals surface area contributed by atoms with E-state index < -0.39 is 17.7 Å². The minimum Gasteiger partial charge on any atom is -0.507 e. The van der Waals surface area contributed by atoms with E-state index in [9.17, 15) is 14.7 Å². The Morgan fingerprint density at radius 2 is 1.62 bits per heavy atom. The topological polar surface area (TPSA) is 66.8 Å². The van der Waals surface area contributed by atoms with Gasteiger partial charge in [0.1, 0.15) is 11.5 Å². The van der Waals surface area contributed by atoms with Gasteiger partial charge in [-0.1, -0.05) is 67.1 Å². The Morgan fingerprint density at radius 1 is 0.941 bits per heavy atom. The van der Waals surface area contributed by atoms with Crippen LogP contribution in [0.3, 0.4) is 0 Å². The molecule has 1 unspecified atom stereocenters. The highest BCUT2D eigenvalue weighted by molar-refractivity contribution is 6.46. The molecule has 1 amide bonds. The lowest BCUT2D eigenvalue weighted by Gasteiger charge is -2.25. The van der Waals surface area contributed by atoms with Gasteiger partial charge >= 0.3 is 0 Å². The van der Waals surface area contributed by atoms with Crippen LogP contribution in [0.15, 0.2) is 84.4 Å². The molecule has 1 saturated heterocycles. The molecule has 0 aliphatic carbocycles. The predicted octanol–water partition coefficient (Wildman–Crippen LogP) is 5.45. The lowest BCUT2D eigenvalue weighted by molar-refractivity contribution is -0.139. The summed E-state index contributed by atoms with van der Waals surface area (Å²) in [6.07, 6.45) is 1.50. The Hall–Kier alpha value is -3.86. The number of carbonyl (C=O) groups is 2. The fraction of sp³-hybridized carbons (Fsp3) is 0.241. The van der Waals surface area contributed by atoms with Gasteiger partial charge in [0.05, 0.1) is 18.2 Å². The molecule has 1 aliphatic heterocycles. The van der Waals surface area contributed by atoms with Crippen LogP contribution < -0.4 is 4.74 Å². The van der Waals surface area contributed by atoms with Crippen molar-refractivity contribution in [2.75, 3.05) is 13.2 Å². The Bertz CT molecular complexity index is 1180. The Kier molecular flexibility index (Phi) is 7.12. The molecule has 1 N–H and O–H groups in total. The number of benzene rings is 3. The van der Waals surface area contributed by atoms with E-state index in [4.69, 9.17) is 4.74 Å². The van der Waals surface area contributed by atoms with Crippen LogP contribution in [0.5, 0.6) is 5.75 Å². The fourth-order valence-electron chi connectivity index (χ4n) is 4.18. The maximum Gasteiger partial charge on any atom is 0.295 e. The van der Waals surface area contributed by atoms with Crippen molar-refractivity contribution in [2.45, 2.75) is 32.7 Å². The highest BCUT2D eigenvalue weighted by atomic mass is 16.5. The first kappa shape index (κ1) is 23.3. The van der Waals surface area contributed by atoms with Gasteiger partial charge in [-0.05, 0) is 55.2 Å². The lowest BCUT2D eigenvalue weighted by Crippen LogP contribution is -2.31. The smallest absolute Gasteiger partial charge is 0.295 e. The van der Waals surface area contributed by atoms with Gasteiger partial charge < -0.3 is 14.7 Å². The number of rotatable bonds is 8. The van der Waals surface area contributed by atoms with E-state index in [2.05, 4.69) is 0 Å². The van der Waals surface area contributed by atoms with Gasteiger partial charge in [-0.2, -0.15) is 0 Å². The molecule has 0 saturated carbocycles. The molecule has 0 aromatic heterocycles. The zero-order valence-corrected chi connectivity index (χ0v) is 19.5. The average molecular weight is 456 g/mol. The number of amides is 1. The number of hydrogen-bond donors (Lipinski definition) is 1. The monoisotopic (exact) mass is 455 g/mol. The van der Waals surface area contributed by atoms with Crippen LogP contribution in [0.4, 0.5) is 0 Å². The van der Waals surface area contributed by atoms with Crippen molar-refractivity contribution in [3.05, 3.63) is 107 Å². The summed E-state index contributed by atoms with van der Waals surface area (Å²) in [5.74, 6) is -0.738. The van der Waals surface area contributed by atoms with Crippen molar-refractivity contribution in [3.8, 4) is 5.75 Å². The molecule has 0 radical (unpaired) electrons. The number of ketones is 1. The summed E-state index contributed by atoms with van der Waals surface area (Å²) < 4.78 is 5.62. The standard InChI is InChI=1S/C29H29NO4/c1-3-19-34-24-15-13-23(14-16-24)27(31)25-26(22-11-9-20(2)10-12-22)30(29(33)28(25)32)18-17-21-7-5-4-6-8-21/h4-16,26,31H,3,17-19H2,1-2H3. The van der Waals surface area contributed by atoms with Crippen LogP contribution in [0, 0.1) is 6.92 Å². The third-order valence-electron chi connectivity index (χ3n) is 6.02. The van der Waals surface area contributed by atoms with Gasteiger partial charge in [0.2, 0.25) is 0 Å². The number of carbonyl (C=O) groups excluding carboxylic acids is 2. The number of aliphatic hydroxyl groups is 1. The quantitative estimate of drug-likeness (QED) is 0.279. The summed E-state index contributed by atoms with van der Waals surface area (Å²) in [6.45, 7) is 4.99. The van der Waals surface area contributed by atoms with Crippen molar-refractivity contribution in [3.63, 3.8) is 0 Å². The first-order valence-electron chi connectivity index (χ1n) is 11.6. The van der Waals surface area contributed by atoms with E-state index in [1.54, 1.807) is 29.2 Å². The first-order chi connectivity index (χ1) is 16.5. The molecule has 5 nitrogen and oxygen atoms in total. The molecular formula is C29H29NO4. The summed E-state index contributed by atoms with van der Waals surface area (Å²) in [6, 6.07) is 23.9. The third kappa shape index (κ3) is 4.88. The molecule has 0 bridgehead atoms. The van der Waals surface area contributed by atoms with Gasteiger partial charge in [0.25, 0.3) is 11.7 Å². The number of aliphatic hydroxyl groups excluding tert-OH is 1. The number of hydrogen-bond acceptors (Lipinski definition) is 4. The summed E-state index contributed by atoms with van der Waals surface area (Å²) in [7, 11) is 0. The van der Waals surface area contributed by atoms with E-state index in [1.807, 2.05) is 68.4 Å².